The van der Waals surface area contributed by atoms with Gasteiger partial charge >= 0.3 is 11.9 Å². The molecular weight excluding hydrogens is 492 g/mol. The van der Waals surface area contributed by atoms with Crippen LogP contribution in [0.1, 0.15) is 37.9 Å². The minimum Gasteiger partial charge on any atom is -0.463 e. The first-order chi connectivity index (χ1) is 16.7. The van der Waals surface area contributed by atoms with Crippen molar-refractivity contribution in [3.63, 3.8) is 0 Å². The number of carbonyl (C=O) groups excluding carboxylic acids is 3. The SMILES string of the molecule is CCOC(=O)C1=C(N)N2C(=O)[C@H](C)SC2=C(C(=O)OCC)[C@H]1c1c(C)nn(-c2ccccc2)c1Cl. The molecule has 0 aliphatic carbocycles. The van der Waals surface area contributed by atoms with Gasteiger partial charge in [-0.2, -0.15) is 5.10 Å². The molecule has 1 saturated heterocycles. The monoisotopic (exact) mass is 516 g/mol. The number of hydrogen-bond acceptors (Lipinski definition) is 8. The number of carbonyl (C=O) groups is 3. The molecule has 4 rings (SSSR count). The zero-order chi connectivity index (χ0) is 25.4. The van der Waals surface area contributed by atoms with Crippen LogP contribution in [0.25, 0.3) is 5.69 Å². The average Bonchev–Trinajstić information content (AvgIpc) is 3.29. The van der Waals surface area contributed by atoms with Crippen LogP contribution in [0.5, 0.6) is 0 Å². The Morgan fingerprint density at radius 2 is 1.71 bits per heavy atom. The maximum atomic E-state index is 13.4. The number of esters is 2. The fourth-order valence-corrected chi connectivity index (χ4v) is 5.76. The number of ether oxygens (including phenoxy) is 2. The molecule has 1 fully saturated rings. The Hall–Kier alpha value is -3.24. The molecule has 2 aliphatic rings. The highest BCUT2D eigenvalue weighted by Crippen LogP contribution is 2.51. The molecule has 35 heavy (non-hydrogen) atoms. The van der Waals surface area contributed by atoms with Crippen LogP contribution >= 0.6 is 23.4 Å². The maximum absolute atomic E-state index is 13.4. The number of hydrogen-bond donors (Lipinski definition) is 1. The van der Waals surface area contributed by atoms with Gasteiger partial charge in [0.05, 0.1) is 51.9 Å². The lowest BCUT2D eigenvalue weighted by molar-refractivity contribution is -0.139. The van der Waals surface area contributed by atoms with Crippen molar-refractivity contribution < 1.29 is 23.9 Å². The molecule has 184 valence electrons. The van der Waals surface area contributed by atoms with Crippen molar-refractivity contribution in [1.29, 1.82) is 0 Å². The van der Waals surface area contributed by atoms with Crippen LogP contribution in [0.2, 0.25) is 5.15 Å². The lowest BCUT2D eigenvalue weighted by Gasteiger charge is -2.33. The number of nitrogens with zero attached hydrogens (tertiary/aromatic N) is 3. The van der Waals surface area contributed by atoms with Gasteiger partial charge in [-0.3, -0.25) is 9.69 Å². The summed E-state index contributed by atoms with van der Waals surface area (Å²) in [5.74, 6) is -2.91. The van der Waals surface area contributed by atoms with Gasteiger partial charge in [-0.25, -0.2) is 14.3 Å². The highest BCUT2D eigenvalue weighted by molar-refractivity contribution is 8.04. The molecule has 2 N–H and O–H groups in total. The number of aromatic nitrogens is 2. The second-order valence-corrected chi connectivity index (χ2v) is 9.55. The Kier molecular flexibility index (Phi) is 6.95. The lowest BCUT2D eigenvalue weighted by atomic mass is 9.82. The summed E-state index contributed by atoms with van der Waals surface area (Å²) in [5, 5.41) is 4.59. The lowest BCUT2D eigenvalue weighted by Crippen LogP contribution is -2.40. The first kappa shape index (κ1) is 24.9. The Labute approximate surface area is 211 Å². The van der Waals surface area contributed by atoms with Crippen LogP contribution in [0, 0.1) is 6.92 Å². The number of rotatable bonds is 6. The smallest absolute Gasteiger partial charge is 0.338 e. The number of fused-ring (bicyclic) bond motifs is 1. The van der Waals surface area contributed by atoms with E-state index in [1.54, 1.807) is 27.7 Å². The summed E-state index contributed by atoms with van der Waals surface area (Å²) in [4.78, 5) is 40.8. The predicted octanol–water partition coefficient (Wildman–Crippen LogP) is 3.40. The van der Waals surface area contributed by atoms with E-state index >= 15 is 0 Å². The van der Waals surface area contributed by atoms with Crippen molar-refractivity contribution in [1.82, 2.24) is 14.7 Å². The van der Waals surface area contributed by atoms with Crippen molar-refractivity contribution in [2.24, 2.45) is 5.73 Å². The largest absolute Gasteiger partial charge is 0.463 e. The standard InChI is InChI=1S/C24H25ClN4O5S/c1-5-33-23(31)17-16(15-12(3)27-29(19(15)25)14-10-8-7-9-11-14)18(24(32)34-6-2)22-28(20(17)26)21(30)13(4)35-22/h7-11,13,16H,5-6,26H2,1-4H3/t13-,16-/m0/s1. The third-order valence-corrected chi connectivity index (χ3v) is 7.26. The van der Waals surface area contributed by atoms with Gasteiger partial charge in [0.25, 0.3) is 0 Å². The number of para-hydroxylation sites is 1. The molecule has 0 radical (unpaired) electrons. The molecule has 2 atom stereocenters. The van der Waals surface area contributed by atoms with Gasteiger partial charge < -0.3 is 15.2 Å². The summed E-state index contributed by atoms with van der Waals surface area (Å²) < 4.78 is 12.2. The zero-order valence-corrected chi connectivity index (χ0v) is 21.3. The van der Waals surface area contributed by atoms with Crippen molar-refractivity contribution in [3.8, 4) is 5.69 Å². The van der Waals surface area contributed by atoms with E-state index in [1.807, 2.05) is 30.3 Å². The van der Waals surface area contributed by atoms with Crippen LogP contribution in [-0.2, 0) is 23.9 Å². The van der Waals surface area contributed by atoms with Crippen molar-refractivity contribution in [2.75, 3.05) is 13.2 Å². The number of benzene rings is 1. The van der Waals surface area contributed by atoms with Gasteiger partial charge in [0.15, 0.2) is 0 Å². The van der Waals surface area contributed by atoms with E-state index in [9.17, 15) is 14.4 Å². The number of thioether (sulfide) groups is 1. The van der Waals surface area contributed by atoms with Crippen LogP contribution in [0.15, 0.2) is 52.3 Å². The Bertz CT molecular complexity index is 1270. The van der Waals surface area contributed by atoms with Crippen LogP contribution in [-0.4, -0.2) is 51.0 Å². The van der Waals surface area contributed by atoms with E-state index in [2.05, 4.69) is 5.10 Å². The number of nitrogens with two attached hydrogens (primary N) is 1. The van der Waals surface area contributed by atoms with Gasteiger partial charge in [-0.05, 0) is 39.8 Å². The molecule has 0 unspecified atom stereocenters. The molecule has 2 aromatic rings. The van der Waals surface area contributed by atoms with Crippen LogP contribution in [0.3, 0.4) is 0 Å². The molecule has 0 spiro atoms. The molecule has 1 aromatic carbocycles. The molecule has 2 aliphatic heterocycles. The van der Waals surface area contributed by atoms with Crippen molar-refractivity contribution in [3.05, 3.63) is 68.7 Å². The summed E-state index contributed by atoms with van der Waals surface area (Å²) in [6.07, 6.45) is 0. The fourth-order valence-electron chi connectivity index (χ4n) is 4.21. The number of amides is 1. The minimum absolute atomic E-state index is 0.0562. The molecule has 11 heteroatoms. The third kappa shape index (κ3) is 4.10. The maximum Gasteiger partial charge on any atom is 0.338 e. The summed E-state index contributed by atoms with van der Waals surface area (Å²) in [6.45, 7) is 6.94. The molecular formula is C24H25ClN4O5S. The van der Waals surface area contributed by atoms with E-state index < -0.39 is 23.1 Å². The molecule has 1 amide bonds. The van der Waals surface area contributed by atoms with E-state index in [0.29, 0.717) is 22.0 Å². The van der Waals surface area contributed by atoms with E-state index in [0.717, 1.165) is 0 Å². The zero-order valence-electron chi connectivity index (χ0n) is 19.7. The summed E-state index contributed by atoms with van der Waals surface area (Å²) in [6, 6.07) is 9.22. The summed E-state index contributed by atoms with van der Waals surface area (Å²) in [7, 11) is 0. The number of aryl methyl sites for hydroxylation is 1. The Morgan fingerprint density at radius 1 is 1.11 bits per heavy atom. The van der Waals surface area contributed by atoms with Gasteiger partial charge in [0.2, 0.25) is 5.91 Å². The summed E-state index contributed by atoms with van der Waals surface area (Å²) in [5.41, 5.74) is 8.08. The highest BCUT2D eigenvalue weighted by Gasteiger charge is 2.50. The average molecular weight is 517 g/mol. The number of halogens is 1. The van der Waals surface area contributed by atoms with Crippen molar-refractivity contribution >= 4 is 41.2 Å². The quantitative estimate of drug-likeness (QED) is 0.580. The topological polar surface area (TPSA) is 117 Å². The molecule has 3 heterocycles. The first-order valence-corrected chi connectivity index (χ1v) is 12.4. The predicted molar refractivity (Wildman–Crippen MR) is 131 cm³/mol. The second-order valence-electron chi connectivity index (χ2n) is 7.86. The fraction of sp³-hybridized carbons (Fsp3) is 0.333. The van der Waals surface area contributed by atoms with Crippen molar-refractivity contribution in [2.45, 2.75) is 38.9 Å². The van der Waals surface area contributed by atoms with Gasteiger partial charge in [0, 0.05) is 5.56 Å². The Morgan fingerprint density at radius 3 is 2.31 bits per heavy atom. The van der Waals surface area contributed by atoms with E-state index in [4.69, 9.17) is 26.8 Å². The Balaban J connectivity index is 2.02. The molecule has 9 nitrogen and oxygen atoms in total. The molecule has 1 aromatic heterocycles. The van der Waals surface area contributed by atoms with Gasteiger partial charge in [-0.1, -0.05) is 41.6 Å². The minimum atomic E-state index is -1.05. The third-order valence-electron chi connectivity index (χ3n) is 5.71. The highest BCUT2D eigenvalue weighted by atomic mass is 35.5. The molecule has 0 bridgehead atoms. The normalized spacial score (nSPS) is 19.8. The first-order valence-electron chi connectivity index (χ1n) is 11.1. The van der Waals surface area contributed by atoms with Crippen LogP contribution < -0.4 is 5.73 Å². The summed E-state index contributed by atoms with van der Waals surface area (Å²) >= 11 is 8.05. The second kappa shape index (κ2) is 9.79. The molecule has 0 saturated carbocycles. The van der Waals surface area contributed by atoms with E-state index in [1.165, 1.54) is 21.3 Å². The van der Waals surface area contributed by atoms with Gasteiger partial charge in [0.1, 0.15) is 11.0 Å². The van der Waals surface area contributed by atoms with Crippen LogP contribution in [0.4, 0.5) is 0 Å². The van der Waals surface area contributed by atoms with E-state index in [-0.39, 0.29) is 41.2 Å². The van der Waals surface area contributed by atoms with Gasteiger partial charge in [-0.15, -0.1) is 0 Å².